The second-order valence-corrected chi connectivity index (χ2v) is 11.5. The highest BCUT2D eigenvalue weighted by atomic mass is 32.2. The van der Waals surface area contributed by atoms with Gasteiger partial charge in [0.25, 0.3) is 0 Å². The number of carbonyl (C=O) groups excluding carboxylic acids is 2. The fourth-order valence-corrected chi connectivity index (χ4v) is 6.68. The van der Waals surface area contributed by atoms with Crippen LogP contribution in [-0.2, 0) is 21.4 Å². The van der Waals surface area contributed by atoms with E-state index in [0.29, 0.717) is 18.9 Å². The number of Topliss-reactive ketones (excluding diaryl/α,β-unsaturated/α-hetero) is 1. The first-order valence-corrected chi connectivity index (χ1v) is 13.0. The van der Waals surface area contributed by atoms with Crippen LogP contribution in [0.4, 0.5) is 0 Å². The summed E-state index contributed by atoms with van der Waals surface area (Å²) in [4.78, 5) is 29.6. The highest BCUT2D eigenvalue weighted by molar-refractivity contribution is 7.88. The number of nitrogens with one attached hydrogen (secondary N) is 1. The maximum atomic E-state index is 12.7. The number of likely N-dealkylation sites (tertiary alicyclic amines) is 1. The van der Waals surface area contributed by atoms with Gasteiger partial charge in [0, 0.05) is 44.7 Å². The van der Waals surface area contributed by atoms with Gasteiger partial charge in [0.2, 0.25) is 15.9 Å². The number of rotatable bonds is 6. The smallest absolute Gasteiger partial charge is 0.223 e. The van der Waals surface area contributed by atoms with Crippen LogP contribution in [0.2, 0.25) is 0 Å². The number of ketones is 1. The molecule has 29 heavy (non-hydrogen) atoms. The van der Waals surface area contributed by atoms with Gasteiger partial charge in [-0.05, 0) is 55.0 Å². The van der Waals surface area contributed by atoms with E-state index in [-0.39, 0.29) is 29.7 Å². The molecule has 160 valence electrons. The Balaban J connectivity index is 1.53. The molecule has 0 unspecified atom stereocenters. The molecular formula is C20H29N3O4S2. The molecule has 0 aromatic carbocycles. The summed E-state index contributed by atoms with van der Waals surface area (Å²) in [7, 11) is -3.31. The van der Waals surface area contributed by atoms with Crippen LogP contribution >= 0.6 is 11.3 Å². The fourth-order valence-electron chi connectivity index (χ4n) is 5.40. The highest BCUT2D eigenvalue weighted by Crippen LogP contribution is 2.41. The third-order valence-corrected chi connectivity index (χ3v) is 8.30. The first-order valence-electron chi connectivity index (χ1n) is 10.3. The summed E-state index contributed by atoms with van der Waals surface area (Å²) in [5.41, 5.74) is 1.16. The summed E-state index contributed by atoms with van der Waals surface area (Å²) in [5, 5.41) is 2.06. The van der Waals surface area contributed by atoms with Gasteiger partial charge in [0.05, 0.1) is 11.1 Å². The second-order valence-electron chi connectivity index (χ2n) is 8.77. The van der Waals surface area contributed by atoms with Crippen LogP contribution < -0.4 is 4.72 Å². The summed E-state index contributed by atoms with van der Waals surface area (Å²) in [6, 6.07) is 2.10. The van der Waals surface area contributed by atoms with E-state index in [2.05, 4.69) is 15.0 Å². The van der Waals surface area contributed by atoms with Gasteiger partial charge in [-0.2, -0.15) is 0 Å². The Morgan fingerprint density at radius 2 is 2.07 bits per heavy atom. The van der Waals surface area contributed by atoms with Gasteiger partial charge < -0.3 is 4.90 Å². The summed E-state index contributed by atoms with van der Waals surface area (Å²) < 4.78 is 26.1. The van der Waals surface area contributed by atoms with Crippen molar-refractivity contribution in [3.63, 3.8) is 0 Å². The third kappa shape index (κ3) is 4.57. The van der Waals surface area contributed by atoms with E-state index in [4.69, 9.17) is 0 Å². The predicted octanol–water partition coefficient (Wildman–Crippen LogP) is 1.70. The molecule has 1 amide bonds. The van der Waals surface area contributed by atoms with Crippen molar-refractivity contribution in [2.45, 2.75) is 51.2 Å². The van der Waals surface area contributed by atoms with E-state index >= 15 is 0 Å². The molecule has 3 aliphatic rings. The molecule has 1 N–H and O–H groups in total. The van der Waals surface area contributed by atoms with Crippen LogP contribution in [0.25, 0.3) is 0 Å². The standard InChI is InChI=1S/C20H29N3O4S2/c1-13(24)19-6-14(12-28-19)9-22-10-15-7-16(11-22)18(8-21-29(2,26)27)23-17(15)4-3-5-20(23)25/h6,12,15-18,21H,3-5,7-11H2,1-2H3/t15-,16+,17+,18+/m1/s1. The third-order valence-electron chi connectivity index (χ3n) is 6.53. The molecule has 3 saturated heterocycles. The average Bonchev–Trinajstić information content (AvgIpc) is 3.10. The molecule has 0 aliphatic carbocycles. The molecule has 9 heteroatoms. The number of nitrogens with zero attached hydrogens (tertiary/aromatic N) is 2. The maximum absolute atomic E-state index is 12.7. The van der Waals surface area contributed by atoms with Crippen LogP contribution in [0.1, 0.15) is 47.8 Å². The summed E-state index contributed by atoms with van der Waals surface area (Å²) in [6.45, 7) is 4.47. The minimum Gasteiger partial charge on any atom is -0.335 e. The van der Waals surface area contributed by atoms with Gasteiger partial charge in [-0.3, -0.25) is 14.5 Å². The molecule has 4 rings (SSSR count). The lowest BCUT2D eigenvalue weighted by Crippen LogP contribution is -2.66. The minimum atomic E-state index is -3.31. The van der Waals surface area contributed by atoms with E-state index in [1.807, 2.05) is 11.0 Å². The van der Waals surface area contributed by atoms with Gasteiger partial charge in [0.1, 0.15) is 0 Å². The van der Waals surface area contributed by atoms with Crippen molar-refractivity contribution in [2.24, 2.45) is 11.8 Å². The SMILES string of the molecule is CC(=O)c1cc(CN2C[C@H]3C[C@@H](C2)[C@H](CNS(C)(=O)=O)N2C(=O)CCC[C@@H]32)cs1. The van der Waals surface area contributed by atoms with Crippen molar-refractivity contribution in [3.05, 3.63) is 21.9 Å². The maximum Gasteiger partial charge on any atom is 0.223 e. The summed E-state index contributed by atoms with van der Waals surface area (Å²) in [5.74, 6) is 0.958. The fraction of sp³-hybridized carbons (Fsp3) is 0.700. The largest absolute Gasteiger partial charge is 0.335 e. The second kappa shape index (κ2) is 8.09. The Morgan fingerprint density at radius 1 is 1.31 bits per heavy atom. The lowest BCUT2D eigenvalue weighted by atomic mass is 9.72. The van der Waals surface area contributed by atoms with Crippen molar-refractivity contribution in [1.82, 2.24) is 14.5 Å². The molecule has 0 radical (unpaired) electrons. The van der Waals surface area contributed by atoms with E-state index < -0.39 is 10.0 Å². The number of fused-ring (bicyclic) bond motifs is 4. The molecule has 1 aromatic heterocycles. The Bertz CT molecular complexity index is 897. The lowest BCUT2D eigenvalue weighted by Gasteiger charge is -2.56. The summed E-state index contributed by atoms with van der Waals surface area (Å²) >= 11 is 1.49. The first-order chi connectivity index (χ1) is 13.7. The Hall–Kier alpha value is -1.29. The molecule has 0 spiro atoms. The van der Waals surface area contributed by atoms with Gasteiger partial charge >= 0.3 is 0 Å². The Morgan fingerprint density at radius 3 is 2.76 bits per heavy atom. The van der Waals surface area contributed by atoms with Crippen LogP contribution in [0, 0.1) is 11.8 Å². The number of thiophene rings is 1. The molecule has 1 aromatic rings. The van der Waals surface area contributed by atoms with E-state index in [9.17, 15) is 18.0 Å². The predicted molar refractivity (Wildman–Crippen MR) is 112 cm³/mol. The van der Waals surface area contributed by atoms with E-state index in [1.54, 1.807) is 6.92 Å². The van der Waals surface area contributed by atoms with Crippen LogP contribution in [-0.4, -0.2) is 67.9 Å². The Labute approximate surface area is 176 Å². The van der Waals surface area contributed by atoms with E-state index in [0.717, 1.165) is 49.3 Å². The van der Waals surface area contributed by atoms with Crippen molar-refractivity contribution in [3.8, 4) is 0 Å². The van der Waals surface area contributed by atoms with Gasteiger partial charge in [-0.15, -0.1) is 11.3 Å². The summed E-state index contributed by atoms with van der Waals surface area (Å²) in [6.07, 6.45) is 4.70. The molecule has 2 bridgehead atoms. The minimum absolute atomic E-state index is 0.0863. The lowest BCUT2D eigenvalue weighted by molar-refractivity contribution is -0.152. The van der Waals surface area contributed by atoms with Crippen LogP contribution in [0.5, 0.6) is 0 Å². The van der Waals surface area contributed by atoms with Gasteiger partial charge in [0.15, 0.2) is 5.78 Å². The molecule has 7 nitrogen and oxygen atoms in total. The molecule has 0 saturated carbocycles. The number of hydrogen-bond acceptors (Lipinski definition) is 6. The van der Waals surface area contributed by atoms with Crippen molar-refractivity contribution < 1.29 is 18.0 Å². The first kappa shape index (κ1) is 21.0. The van der Waals surface area contributed by atoms with Crippen LogP contribution in [0.15, 0.2) is 11.4 Å². The molecule has 4 atom stereocenters. The van der Waals surface area contributed by atoms with Crippen LogP contribution in [0.3, 0.4) is 0 Å². The van der Waals surface area contributed by atoms with E-state index in [1.165, 1.54) is 17.6 Å². The zero-order valence-electron chi connectivity index (χ0n) is 17.0. The topological polar surface area (TPSA) is 86.8 Å². The van der Waals surface area contributed by atoms with Gasteiger partial charge in [-0.25, -0.2) is 13.1 Å². The monoisotopic (exact) mass is 439 g/mol. The van der Waals surface area contributed by atoms with Crippen molar-refractivity contribution >= 4 is 33.1 Å². The van der Waals surface area contributed by atoms with Crippen molar-refractivity contribution in [2.75, 3.05) is 25.9 Å². The molecule has 3 aliphatic heterocycles. The highest BCUT2D eigenvalue weighted by Gasteiger charge is 2.49. The molecule has 3 fully saturated rings. The number of piperidine rings is 3. The number of amides is 1. The van der Waals surface area contributed by atoms with Gasteiger partial charge in [-0.1, -0.05) is 0 Å². The molecule has 4 heterocycles. The Kier molecular flexibility index (Phi) is 5.85. The average molecular weight is 440 g/mol. The number of sulfonamides is 1. The van der Waals surface area contributed by atoms with Crippen molar-refractivity contribution in [1.29, 1.82) is 0 Å². The zero-order valence-corrected chi connectivity index (χ0v) is 18.6. The molecular weight excluding hydrogens is 410 g/mol. The quantitative estimate of drug-likeness (QED) is 0.682. The normalized spacial score (nSPS) is 30.3. The number of carbonyl (C=O) groups is 2. The number of hydrogen-bond donors (Lipinski definition) is 1. The zero-order chi connectivity index (χ0) is 20.8.